The van der Waals surface area contributed by atoms with Gasteiger partial charge in [0.1, 0.15) is 16.7 Å². The van der Waals surface area contributed by atoms with Gasteiger partial charge >= 0.3 is 0 Å². The molecule has 0 bridgehead atoms. The lowest BCUT2D eigenvalue weighted by atomic mass is 9.91. The van der Waals surface area contributed by atoms with Crippen LogP contribution in [0, 0.1) is 19.3 Å². The van der Waals surface area contributed by atoms with Crippen molar-refractivity contribution in [1.82, 2.24) is 19.7 Å². The number of aromatic nitrogens is 4. The zero-order chi connectivity index (χ0) is 15.1. The van der Waals surface area contributed by atoms with Crippen molar-refractivity contribution in [3.05, 3.63) is 28.3 Å². The van der Waals surface area contributed by atoms with Gasteiger partial charge in [-0.2, -0.15) is 9.78 Å². The number of nitrogen functional groups attached to an aromatic ring is 1. The lowest BCUT2D eigenvalue weighted by Gasteiger charge is -2.16. The highest BCUT2D eigenvalue weighted by Crippen LogP contribution is 2.30. The molecule has 0 aliphatic rings. The summed E-state index contributed by atoms with van der Waals surface area (Å²) in [4.78, 5) is 8.62. The van der Waals surface area contributed by atoms with E-state index in [4.69, 9.17) is 17.3 Å². The van der Waals surface area contributed by atoms with E-state index in [1.165, 1.54) is 0 Å². The molecular formula is C14H20ClN5. The molecule has 0 aromatic carbocycles. The molecule has 2 heterocycles. The lowest BCUT2D eigenvalue weighted by molar-refractivity contribution is 0.405. The van der Waals surface area contributed by atoms with Gasteiger partial charge in [0.15, 0.2) is 5.82 Å². The molecule has 0 amide bonds. The third-order valence-electron chi connectivity index (χ3n) is 2.79. The van der Waals surface area contributed by atoms with Crippen molar-refractivity contribution in [1.29, 1.82) is 0 Å². The van der Waals surface area contributed by atoms with Crippen LogP contribution in [-0.4, -0.2) is 19.7 Å². The first kappa shape index (κ1) is 14.8. The van der Waals surface area contributed by atoms with Crippen LogP contribution < -0.4 is 5.73 Å². The van der Waals surface area contributed by atoms with Crippen LogP contribution in [0.25, 0.3) is 5.82 Å². The van der Waals surface area contributed by atoms with Crippen LogP contribution in [0.15, 0.2) is 6.07 Å². The average molecular weight is 294 g/mol. The topological polar surface area (TPSA) is 69.6 Å². The highest BCUT2D eigenvalue weighted by Gasteiger charge is 2.21. The first-order valence-electron chi connectivity index (χ1n) is 6.53. The Balaban J connectivity index is 2.50. The summed E-state index contributed by atoms with van der Waals surface area (Å²) in [5, 5.41) is 5.02. The molecule has 5 nitrogen and oxygen atoms in total. The zero-order valence-corrected chi connectivity index (χ0v) is 13.3. The summed E-state index contributed by atoms with van der Waals surface area (Å²) in [6, 6.07) is 1.84. The van der Waals surface area contributed by atoms with Crippen molar-refractivity contribution >= 4 is 17.4 Å². The molecule has 0 aliphatic carbocycles. The predicted octanol–water partition coefficient (Wildman–Crippen LogP) is 3.10. The molecule has 0 aliphatic heterocycles. The lowest BCUT2D eigenvalue weighted by Crippen LogP contribution is -2.11. The summed E-state index contributed by atoms with van der Waals surface area (Å²) in [5.41, 5.74) is 7.82. The minimum atomic E-state index is 0.0900. The van der Waals surface area contributed by atoms with Gasteiger partial charge in [-0.05, 0) is 25.7 Å². The standard InChI is InChI=1S/C14H20ClN5/c1-8-6-11(18-9(2)17-8)20-13(16)12(15)10(19-20)7-14(3,4)5/h6H,7,16H2,1-5H3. The van der Waals surface area contributed by atoms with Gasteiger partial charge in [-0.1, -0.05) is 32.4 Å². The minimum absolute atomic E-state index is 0.0900. The maximum atomic E-state index is 6.30. The fourth-order valence-electron chi connectivity index (χ4n) is 2.06. The third-order valence-corrected chi connectivity index (χ3v) is 3.21. The van der Waals surface area contributed by atoms with E-state index in [-0.39, 0.29) is 5.41 Å². The maximum absolute atomic E-state index is 6.30. The fraction of sp³-hybridized carbons (Fsp3) is 0.500. The van der Waals surface area contributed by atoms with Gasteiger partial charge in [-0.25, -0.2) is 9.97 Å². The Bertz CT molecular complexity index is 619. The van der Waals surface area contributed by atoms with Gasteiger partial charge < -0.3 is 5.73 Å². The fourth-order valence-corrected chi connectivity index (χ4v) is 2.24. The van der Waals surface area contributed by atoms with Gasteiger partial charge in [0, 0.05) is 11.8 Å². The van der Waals surface area contributed by atoms with Crippen molar-refractivity contribution in [3.63, 3.8) is 0 Å². The number of rotatable bonds is 2. The SMILES string of the molecule is Cc1cc(-n2nc(CC(C)(C)C)c(Cl)c2N)nc(C)n1. The van der Waals surface area contributed by atoms with Crippen LogP contribution in [0.2, 0.25) is 5.02 Å². The minimum Gasteiger partial charge on any atom is -0.382 e. The highest BCUT2D eigenvalue weighted by atomic mass is 35.5. The van der Waals surface area contributed by atoms with Crippen LogP contribution >= 0.6 is 11.6 Å². The molecule has 2 aromatic heterocycles. The predicted molar refractivity (Wildman–Crippen MR) is 81.2 cm³/mol. The van der Waals surface area contributed by atoms with E-state index in [0.717, 1.165) is 17.8 Å². The number of nitrogens with two attached hydrogens (primary N) is 1. The Morgan fingerprint density at radius 2 is 1.90 bits per heavy atom. The monoisotopic (exact) mass is 293 g/mol. The summed E-state index contributed by atoms with van der Waals surface area (Å²) in [6.07, 6.45) is 0.756. The van der Waals surface area contributed by atoms with Crippen molar-refractivity contribution in [2.45, 2.75) is 41.0 Å². The molecule has 0 fully saturated rings. The van der Waals surface area contributed by atoms with Crippen LogP contribution in [-0.2, 0) is 6.42 Å². The van der Waals surface area contributed by atoms with Gasteiger partial charge in [-0.15, -0.1) is 0 Å². The second-order valence-electron chi connectivity index (χ2n) is 6.21. The number of hydrogen-bond acceptors (Lipinski definition) is 4. The Hall–Kier alpha value is -1.62. The van der Waals surface area contributed by atoms with Crippen LogP contribution in [0.3, 0.4) is 0 Å². The summed E-state index contributed by atoms with van der Waals surface area (Å²) in [7, 11) is 0. The Morgan fingerprint density at radius 3 is 2.45 bits per heavy atom. The largest absolute Gasteiger partial charge is 0.382 e. The number of anilines is 1. The first-order chi connectivity index (χ1) is 9.17. The maximum Gasteiger partial charge on any atom is 0.159 e. The van der Waals surface area contributed by atoms with Crippen LogP contribution in [0.1, 0.15) is 38.0 Å². The molecule has 20 heavy (non-hydrogen) atoms. The Kier molecular flexibility index (Phi) is 3.73. The second kappa shape index (κ2) is 5.05. The van der Waals surface area contributed by atoms with Gasteiger partial charge in [0.05, 0.1) is 5.69 Å². The van der Waals surface area contributed by atoms with Crippen molar-refractivity contribution < 1.29 is 0 Å². The first-order valence-corrected chi connectivity index (χ1v) is 6.91. The van der Waals surface area contributed by atoms with Crippen LogP contribution in [0.4, 0.5) is 5.82 Å². The molecule has 0 unspecified atom stereocenters. The molecule has 0 radical (unpaired) electrons. The molecule has 2 aromatic rings. The number of hydrogen-bond donors (Lipinski definition) is 1. The van der Waals surface area contributed by atoms with E-state index in [2.05, 4.69) is 35.8 Å². The van der Waals surface area contributed by atoms with E-state index >= 15 is 0 Å². The van der Waals surface area contributed by atoms with Crippen molar-refractivity contribution in [2.75, 3.05) is 5.73 Å². The van der Waals surface area contributed by atoms with Crippen LogP contribution in [0.5, 0.6) is 0 Å². The summed E-state index contributed by atoms with van der Waals surface area (Å²) in [6.45, 7) is 10.2. The van der Waals surface area contributed by atoms with E-state index in [1.807, 2.05) is 19.9 Å². The molecular weight excluding hydrogens is 274 g/mol. The summed E-state index contributed by atoms with van der Waals surface area (Å²) < 4.78 is 1.59. The Morgan fingerprint density at radius 1 is 1.25 bits per heavy atom. The van der Waals surface area contributed by atoms with Crippen molar-refractivity contribution in [2.24, 2.45) is 5.41 Å². The normalized spacial score (nSPS) is 11.9. The summed E-state index contributed by atoms with van der Waals surface area (Å²) in [5.74, 6) is 1.75. The molecule has 0 saturated carbocycles. The molecule has 0 saturated heterocycles. The Labute approximate surface area is 124 Å². The quantitative estimate of drug-likeness (QED) is 0.923. The van der Waals surface area contributed by atoms with E-state index < -0.39 is 0 Å². The molecule has 2 N–H and O–H groups in total. The molecule has 6 heteroatoms. The number of aryl methyl sites for hydroxylation is 2. The summed E-state index contributed by atoms with van der Waals surface area (Å²) >= 11 is 6.30. The van der Waals surface area contributed by atoms with E-state index in [1.54, 1.807) is 4.68 Å². The second-order valence-corrected chi connectivity index (χ2v) is 6.59. The third kappa shape index (κ3) is 3.10. The zero-order valence-electron chi connectivity index (χ0n) is 12.5. The molecule has 0 atom stereocenters. The van der Waals surface area contributed by atoms with Gasteiger partial charge in [-0.3, -0.25) is 0 Å². The van der Waals surface area contributed by atoms with E-state index in [9.17, 15) is 0 Å². The number of nitrogens with zero attached hydrogens (tertiary/aromatic N) is 4. The molecule has 108 valence electrons. The van der Waals surface area contributed by atoms with Gasteiger partial charge in [0.2, 0.25) is 0 Å². The van der Waals surface area contributed by atoms with Crippen molar-refractivity contribution in [3.8, 4) is 5.82 Å². The molecule has 0 spiro atoms. The van der Waals surface area contributed by atoms with Gasteiger partial charge in [0.25, 0.3) is 0 Å². The highest BCUT2D eigenvalue weighted by molar-refractivity contribution is 6.33. The average Bonchev–Trinajstić information content (AvgIpc) is 2.54. The molecule has 2 rings (SSSR count). The number of halogens is 1. The smallest absolute Gasteiger partial charge is 0.159 e. The van der Waals surface area contributed by atoms with E-state index in [0.29, 0.717) is 22.5 Å².